The Bertz CT molecular complexity index is 1380. The number of nitrogens with one attached hydrogen (secondary N) is 2. The zero-order chi connectivity index (χ0) is 25.2. The predicted octanol–water partition coefficient (Wildman–Crippen LogP) is 5.45. The highest BCUT2D eigenvalue weighted by molar-refractivity contribution is 7.92. The second-order valence-corrected chi connectivity index (χ2v) is 10.6. The van der Waals surface area contributed by atoms with Crippen LogP contribution in [0.5, 0.6) is 0 Å². The summed E-state index contributed by atoms with van der Waals surface area (Å²) in [5.41, 5.74) is 2.71. The molecule has 0 saturated carbocycles. The second kappa shape index (κ2) is 9.99. The molecule has 4 rings (SSSR count). The summed E-state index contributed by atoms with van der Waals surface area (Å²) in [7, 11) is -4.08. The molecule has 35 heavy (non-hydrogen) atoms. The van der Waals surface area contributed by atoms with E-state index in [1.165, 1.54) is 24.5 Å². The topological polar surface area (TPSA) is 109 Å². The number of aromatic nitrogens is 2. The van der Waals surface area contributed by atoms with Crippen LogP contribution in [0.3, 0.4) is 0 Å². The van der Waals surface area contributed by atoms with Gasteiger partial charge >= 0.3 is 0 Å². The van der Waals surface area contributed by atoms with Gasteiger partial charge in [0.15, 0.2) is 5.82 Å². The Labute approximate surface area is 204 Å². The van der Waals surface area contributed by atoms with E-state index in [2.05, 4.69) is 33.9 Å². The number of furan rings is 1. The van der Waals surface area contributed by atoms with Crippen molar-refractivity contribution in [2.75, 3.05) is 16.6 Å². The number of hydrogen-bond acceptors (Lipinski definition) is 7. The lowest BCUT2D eigenvalue weighted by atomic mass is 9.98. The third-order valence-corrected chi connectivity index (χ3v) is 6.71. The number of benzene rings is 1. The van der Waals surface area contributed by atoms with Gasteiger partial charge < -0.3 is 9.73 Å². The van der Waals surface area contributed by atoms with Crippen molar-refractivity contribution in [2.24, 2.45) is 16.8 Å². The molecule has 1 aromatic carbocycles. The Kier molecular flexibility index (Phi) is 7.02. The van der Waals surface area contributed by atoms with Crippen molar-refractivity contribution >= 4 is 38.6 Å². The third-order valence-electron chi connectivity index (χ3n) is 5.46. The number of hydrogen-bond donors (Lipinski definition) is 2. The summed E-state index contributed by atoms with van der Waals surface area (Å²) in [6.45, 7) is 8.95. The lowest BCUT2D eigenvalue weighted by molar-refractivity contribution is 0.452. The lowest BCUT2D eigenvalue weighted by Gasteiger charge is -2.12. The number of aliphatic imine (C=N–C) groups is 1. The van der Waals surface area contributed by atoms with Crippen LogP contribution in [0, 0.1) is 17.7 Å². The summed E-state index contributed by atoms with van der Waals surface area (Å²) in [6.07, 6.45) is 3.41. The zero-order valence-electron chi connectivity index (χ0n) is 20.0. The van der Waals surface area contributed by atoms with Crippen molar-refractivity contribution < 1.29 is 17.2 Å². The van der Waals surface area contributed by atoms with Gasteiger partial charge in [-0.25, -0.2) is 14.4 Å². The van der Waals surface area contributed by atoms with Gasteiger partial charge in [0, 0.05) is 36.0 Å². The lowest BCUT2D eigenvalue weighted by Crippen LogP contribution is -2.13. The third kappa shape index (κ3) is 5.43. The summed E-state index contributed by atoms with van der Waals surface area (Å²) >= 11 is 0. The molecule has 0 fully saturated rings. The van der Waals surface area contributed by atoms with E-state index >= 15 is 4.39 Å². The number of nitrogens with zero attached hydrogens (tertiary/aromatic N) is 3. The smallest absolute Gasteiger partial charge is 0.295 e. The monoisotopic (exact) mass is 497 g/mol. The van der Waals surface area contributed by atoms with Crippen LogP contribution in [0.15, 0.2) is 63.4 Å². The van der Waals surface area contributed by atoms with E-state index in [0.717, 1.165) is 17.8 Å². The van der Waals surface area contributed by atoms with E-state index < -0.39 is 15.8 Å². The minimum atomic E-state index is -4.08. The highest BCUT2D eigenvalue weighted by Crippen LogP contribution is 2.39. The van der Waals surface area contributed by atoms with Gasteiger partial charge in [-0.3, -0.25) is 9.71 Å². The molecule has 3 aromatic rings. The Morgan fingerprint density at radius 1 is 1.11 bits per heavy atom. The van der Waals surface area contributed by atoms with Gasteiger partial charge in [-0.2, -0.15) is 8.42 Å². The minimum Gasteiger partial charge on any atom is -0.451 e. The molecule has 0 aliphatic carbocycles. The molecule has 3 heterocycles. The Hall–Kier alpha value is -3.53. The highest BCUT2D eigenvalue weighted by atomic mass is 32.2. The number of sulfonamides is 1. The van der Waals surface area contributed by atoms with E-state index in [1.54, 1.807) is 24.4 Å². The predicted molar refractivity (Wildman–Crippen MR) is 135 cm³/mol. The molecule has 8 nitrogen and oxygen atoms in total. The first-order valence-corrected chi connectivity index (χ1v) is 12.9. The van der Waals surface area contributed by atoms with E-state index in [-0.39, 0.29) is 22.3 Å². The molecule has 0 spiro atoms. The van der Waals surface area contributed by atoms with Crippen LogP contribution in [-0.2, 0) is 10.0 Å². The largest absolute Gasteiger partial charge is 0.451 e. The van der Waals surface area contributed by atoms with E-state index in [0.29, 0.717) is 29.7 Å². The quantitative estimate of drug-likeness (QED) is 0.407. The van der Waals surface area contributed by atoms with Crippen LogP contribution in [0.1, 0.15) is 45.4 Å². The van der Waals surface area contributed by atoms with Crippen molar-refractivity contribution in [3.8, 4) is 0 Å². The number of anilines is 2. The van der Waals surface area contributed by atoms with Gasteiger partial charge in [0.25, 0.3) is 10.0 Å². The van der Waals surface area contributed by atoms with Gasteiger partial charge in [-0.05, 0) is 42.2 Å². The van der Waals surface area contributed by atoms with E-state index in [1.807, 2.05) is 13.8 Å². The molecule has 0 unspecified atom stereocenters. The summed E-state index contributed by atoms with van der Waals surface area (Å²) in [5.74, 6) is 0.324. The van der Waals surface area contributed by atoms with Gasteiger partial charge in [-0.1, -0.05) is 33.8 Å². The molecule has 0 saturated heterocycles. The first-order chi connectivity index (χ1) is 16.7. The fourth-order valence-corrected chi connectivity index (χ4v) is 4.58. The highest BCUT2D eigenvalue weighted by Gasteiger charge is 2.27. The van der Waals surface area contributed by atoms with Crippen LogP contribution in [0.2, 0.25) is 0 Å². The number of allylic oxidation sites excluding steroid dienone is 1. The van der Waals surface area contributed by atoms with E-state index in [4.69, 9.17) is 9.41 Å². The van der Waals surface area contributed by atoms with Crippen molar-refractivity contribution in [1.82, 2.24) is 9.97 Å². The first kappa shape index (κ1) is 24.6. The number of rotatable bonds is 9. The summed E-state index contributed by atoms with van der Waals surface area (Å²) in [5, 5.41) is 2.91. The van der Waals surface area contributed by atoms with Crippen LogP contribution < -0.4 is 10.0 Å². The molecule has 0 bridgehead atoms. The summed E-state index contributed by atoms with van der Waals surface area (Å²) in [4.78, 5) is 13.7. The Balaban J connectivity index is 1.76. The van der Waals surface area contributed by atoms with Gasteiger partial charge in [0.2, 0.25) is 11.0 Å². The molecule has 0 amide bonds. The Morgan fingerprint density at radius 3 is 2.60 bits per heavy atom. The van der Waals surface area contributed by atoms with Crippen molar-refractivity contribution in [2.45, 2.75) is 39.2 Å². The SMILES string of the molecule is CC(C)CNc1nccc(C2=C(c3cccc(NS(=O)(=O)c4ccco4)c3F)N=C(C(C)C)C2)n1. The molecule has 0 atom stereocenters. The second-order valence-electron chi connectivity index (χ2n) is 9.01. The average Bonchev–Trinajstić information content (AvgIpc) is 3.50. The maximum Gasteiger partial charge on any atom is 0.295 e. The Morgan fingerprint density at radius 2 is 1.91 bits per heavy atom. The molecule has 10 heteroatoms. The maximum absolute atomic E-state index is 15.7. The molecule has 184 valence electrons. The normalized spacial score (nSPS) is 14.1. The molecule has 1 aliphatic heterocycles. The molecule has 1 aliphatic rings. The van der Waals surface area contributed by atoms with Crippen molar-refractivity contribution in [3.05, 3.63) is 65.9 Å². The molecular weight excluding hydrogens is 469 g/mol. The fraction of sp³-hybridized carbons (Fsp3) is 0.320. The van der Waals surface area contributed by atoms with Gasteiger partial charge in [0.05, 0.1) is 23.3 Å². The van der Waals surface area contributed by atoms with E-state index in [9.17, 15) is 8.42 Å². The maximum atomic E-state index is 15.7. The van der Waals surface area contributed by atoms with Gasteiger partial charge in [-0.15, -0.1) is 0 Å². The fourth-order valence-electron chi connectivity index (χ4n) is 3.60. The van der Waals surface area contributed by atoms with Gasteiger partial charge in [0.1, 0.15) is 0 Å². The van der Waals surface area contributed by atoms with Crippen LogP contribution in [0.4, 0.5) is 16.0 Å². The average molecular weight is 498 g/mol. The standard InChI is InChI=1S/C25H28FN5O3S/c1-15(2)14-28-25-27-11-10-19(30-25)18-13-21(16(3)4)29-24(18)17-7-5-8-20(23(17)26)31-35(32,33)22-9-6-12-34-22/h5-12,15-16,31H,13-14H2,1-4H3,(H,27,28,30). The summed E-state index contributed by atoms with van der Waals surface area (Å²) < 4.78 is 48.1. The van der Waals surface area contributed by atoms with Crippen LogP contribution in [-0.4, -0.2) is 30.6 Å². The number of halogens is 1. The van der Waals surface area contributed by atoms with Crippen molar-refractivity contribution in [3.63, 3.8) is 0 Å². The molecule has 2 aromatic heterocycles. The minimum absolute atomic E-state index is 0.145. The molecule has 0 radical (unpaired) electrons. The molecular formula is C25H28FN5O3S. The van der Waals surface area contributed by atoms with Crippen LogP contribution >= 0.6 is 0 Å². The van der Waals surface area contributed by atoms with Crippen LogP contribution in [0.25, 0.3) is 11.3 Å². The van der Waals surface area contributed by atoms with Crippen molar-refractivity contribution in [1.29, 1.82) is 0 Å². The summed E-state index contributed by atoms with van der Waals surface area (Å²) in [6, 6.07) is 9.05. The first-order valence-electron chi connectivity index (χ1n) is 11.4. The molecule has 2 N–H and O–H groups in total. The zero-order valence-corrected chi connectivity index (χ0v) is 20.9.